The molecule has 0 radical (unpaired) electrons. The van der Waals surface area contributed by atoms with Crippen LogP contribution in [0.4, 0.5) is 5.69 Å². The third kappa shape index (κ3) is 1.75. The van der Waals surface area contributed by atoms with Crippen LogP contribution in [0.1, 0.15) is 34.0 Å². The molecule has 0 aliphatic carbocycles. The van der Waals surface area contributed by atoms with Crippen molar-refractivity contribution in [3.05, 3.63) is 15.3 Å². The van der Waals surface area contributed by atoms with Crippen molar-refractivity contribution in [3.8, 4) is 0 Å². The van der Waals surface area contributed by atoms with Crippen LogP contribution in [-0.4, -0.2) is 13.1 Å². The molecule has 0 unspecified atom stereocenters. The van der Waals surface area contributed by atoms with Crippen LogP contribution in [0.3, 0.4) is 0 Å². The highest BCUT2D eigenvalue weighted by Gasteiger charge is 2.20. The first kappa shape index (κ1) is 11.0. The number of thiophene rings is 1. The van der Waals surface area contributed by atoms with E-state index in [1.54, 1.807) is 11.3 Å². The standard InChI is InChI=1S/C10H15NO2S/c1-4-6-8(10(12)13-3)9(11)7(5-2)14-6/h4-5,11H2,1-3H3. The normalized spacial score (nSPS) is 10.2. The summed E-state index contributed by atoms with van der Waals surface area (Å²) in [6.07, 6.45) is 1.68. The summed E-state index contributed by atoms with van der Waals surface area (Å²) in [7, 11) is 1.38. The molecule has 2 N–H and O–H groups in total. The van der Waals surface area contributed by atoms with Gasteiger partial charge in [0.2, 0.25) is 0 Å². The number of anilines is 1. The lowest BCUT2D eigenvalue weighted by Gasteiger charge is -2.00. The van der Waals surface area contributed by atoms with Crippen LogP contribution in [0, 0.1) is 0 Å². The van der Waals surface area contributed by atoms with Crippen molar-refractivity contribution >= 4 is 23.0 Å². The Hall–Kier alpha value is -1.03. The van der Waals surface area contributed by atoms with Gasteiger partial charge in [0.25, 0.3) is 0 Å². The fourth-order valence-corrected chi connectivity index (χ4v) is 2.48. The third-order valence-electron chi connectivity index (χ3n) is 2.13. The number of esters is 1. The van der Waals surface area contributed by atoms with Crippen LogP contribution in [0.25, 0.3) is 0 Å². The molecule has 0 saturated carbocycles. The number of carbonyl (C=O) groups excluding carboxylic acids is 1. The molecule has 0 bridgehead atoms. The lowest BCUT2D eigenvalue weighted by molar-refractivity contribution is 0.0601. The van der Waals surface area contributed by atoms with Gasteiger partial charge in [-0.25, -0.2) is 4.79 Å². The number of ether oxygens (including phenoxy) is 1. The molecule has 1 rings (SSSR count). The van der Waals surface area contributed by atoms with Crippen molar-refractivity contribution in [2.75, 3.05) is 12.8 Å². The highest BCUT2D eigenvalue weighted by atomic mass is 32.1. The molecule has 1 heterocycles. The van der Waals surface area contributed by atoms with Crippen LogP contribution < -0.4 is 5.73 Å². The Morgan fingerprint density at radius 3 is 2.36 bits per heavy atom. The van der Waals surface area contributed by atoms with Gasteiger partial charge in [0.1, 0.15) is 0 Å². The molecule has 0 amide bonds. The van der Waals surface area contributed by atoms with E-state index in [9.17, 15) is 4.79 Å². The van der Waals surface area contributed by atoms with Crippen molar-refractivity contribution < 1.29 is 9.53 Å². The topological polar surface area (TPSA) is 52.3 Å². The molecule has 4 heteroatoms. The number of methoxy groups -OCH3 is 1. The Labute approximate surface area is 87.9 Å². The summed E-state index contributed by atoms with van der Waals surface area (Å²) < 4.78 is 4.71. The second kappa shape index (κ2) is 4.46. The molecule has 0 saturated heterocycles. The Balaban J connectivity index is 3.24. The van der Waals surface area contributed by atoms with Crippen molar-refractivity contribution in [1.82, 2.24) is 0 Å². The van der Waals surface area contributed by atoms with E-state index in [4.69, 9.17) is 10.5 Å². The fourth-order valence-electron chi connectivity index (χ4n) is 1.38. The summed E-state index contributed by atoms with van der Waals surface area (Å²) in [4.78, 5) is 13.5. The van der Waals surface area contributed by atoms with E-state index < -0.39 is 0 Å². The summed E-state index contributed by atoms with van der Waals surface area (Å²) in [5, 5.41) is 0. The Morgan fingerprint density at radius 2 is 1.93 bits per heavy atom. The second-order valence-corrected chi connectivity index (χ2v) is 4.13. The predicted octanol–water partition coefficient (Wildman–Crippen LogP) is 2.24. The summed E-state index contributed by atoms with van der Waals surface area (Å²) >= 11 is 1.60. The Kier molecular flexibility index (Phi) is 3.52. The zero-order valence-electron chi connectivity index (χ0n) is 8.72. The highest BCUT2D eigenvalue weighted by Crippen LogP contribution is 2.32. The van der Waals surface area contributed by atoms with Gasteiger partial charge in [0.05, 0.1) is 18.4 Å². The van der Waals surface area contributed by atoms with E-state index in [0.717, 1.165) is 22.6 Å². The first-order chi connectivity index (χ1) is 6.65. The molecule has 14 heavy (non-hydrogen) atoms. The molecule has 0 aliphatic heterocycles. The van der Waals surface area contributed by atoms with E-state index in [-0.39, 0.29) is 5.97 Å². The minimum Gasteiger partial charge on any atom is -0.465 e. The molecule has 0 atom stereocenters. The van der Waals surface area contributed by atoms with E-state index >= 15 is 0 Å². The van der Waals surface area contributed by atoms with Gasteiger partial charge in [0.15, 0.2) is 0 Å². The number of aryl methyl sites for hydroxylation is 2. The van der Waals surface area contributed by atoms with Crippen LogP contribution >= 0.6 is 11.3 Å². The fraction of sp³-hybridized carbons (Fsp3) is 0.500. The molecular formula is C10H15NO2S. The number of carbonyl (C=O) groups is 1. The van der Waals surface area contributed by atoms with Gasteiger partial charge < -0.3 is 10.5 Å². The average molecular weight is 213 g/mol. The molecule has 1 aromatic heterocycles. The summed E-state index contributed by atoms with van der Waals surface area (Å²) in [5.41, 5.74) is 7.04. The van der Waals surface area contributed by atoms with Gasteiger partial charge in [-0.2, -0.15) is 0 Å². The SMILES string of the molecule is CCc1sc(CC)c(C(=O)OC)c1N. The first-order valence-electron chi connectivity index (χ1n) is 4.63. The summed E-state index contributed by atoms with van der Waals surface area (Å²) in [6, 6.07) is 0. The maximum Gasteiger partial charge on any atom is 0.341 e. The van der Waals surface area contributed by atoms with Gasteiger partial charge in [-0.05, 0) is 12.8 Å². The average Bonchev–Trinajstić information content (AvgIpc) is 2.53. The van der Waals surface area contributed by atoms with Crippen molar-refractivity contribution in [3.63, 3.8) is 0 Å². The maximum atomic E-state index is 11.4. The van der Waals surface area contributed by atoms with Crippen LogP contribution in [0.2, 0.25) is 0 Å². The maximum absolute atomic E-state index is 11.4. The van der Waals surface area contributed by atoms with Crippen LogP contribution in [-0.2, 0) is 17.6 Å². The number of rotatable bonds is 3. The van der Waals surface area contributed by atoms with Crippen LogP contribution in [0.15, 0.2) is 0 Å². The van der Waals surface area contributed by atoms with Gasteiger partial charge in [0, 0.05) is 9.75 Å². The zero-order chi connectivity index (χ0) is 10.7. The quantitative estimate of drug-likeness (QED) is 0.783. The first-order valence-corrected chi connectivity index (χ1v) is 5.45. The van der Waals surface area contributed by atoms with Crippen molar-refractivity contribution in [2.45, 2.75) is 26.7 Å². The predicted molar refractivity (Wildman–Crippen MR) is 58.8 cm³/mol. The third-order valence-corrected chi connectivity index (χ3v) is 3.62. The molecule has 0 aliphatic rings. The molecule has 0 spiro atoms. The number of nitrogens with two attached hydrogens (primary N) is 1. The second-order valence-electron chi connectivity index (χ2n) is 2.94. The van der Waals surface area contributed by atoms with Crippen molar-refractivity contribution in [2.24, 2.45) is 0 Å². The van der Waals surface area contributed by atoms with Crippen molar-refractivity contribution in [1.29, 1.82) is 0 Å². The minimum absolute atomic E-state index is 0.324. The van der Waals surface area contributed by atoms with Crippen LogP contribution in [0.5, 0.6) is 0 Å². The van der Waals surface area contributed by atoms with E-state index in [1.165, 1.54) is 7.11 Å². The van der Waals surface area contributed by atoms with E-state index in [1.807, 2.05) is 13.8 Å². The lowest BCUT2D eigenvalue weighted by atomic mass is 10.1. The number of nitrogen functional groups attached to an aromatic ring is 1. The Bertz CT molecular complexity index is 344. The zero-order valence-corrected chi connectivity index (χ0v) is 9.53. The highest BCUT2D eigenvalue weighted by molar-refractivity contribution is 7.13. The molecule has 1 aromatic rings. The molecule has 0 fully saturated rings. The Morgan fingerprint density at radius 1 is 1.36 bits per heavy atom. The van der Waals surface area contributed by atoms with Gasteiger partial charge in [-0.1, -0.05) is 13.8 Å². The summed E-state index contributed by atoms with van der Waals surface area (Å²) in [6.45, 7) is 4.04. The number of hydrogen-bond acceptors (Lipinski definition) is 4. The molecule has 78 valence electrons. The molecule has 0 aromatic carbocycles. The van der Waals surface area contributed by atoms with E-state index in [2.05, 4.69) is 0 Å². The van der Waals surface area contributed by atoms with Gasteiger partial charge in [-0.15, -0.1) is 11.3 Å². The minimum atomic E-state index is -0.324. The largest absolute Gasteiger partial charge is 0.465 e. The monoisotopic (exact) mass is 213 g/mol. The van der Waals surface area contributed by atoms with Gasteiger partial charge in [-0.3, -0.25) is 0 Å². The lowest BCUT2D eigenvalue weighted by Crippen LogP contribution is -2.06. The number of hydrogen-bond donors (Lipinski definition) is 1. The van der Waals surface area contributed by atoms with Gasteiger partial charge >= 0.3 is 5.97 Å². The summed E-state index contributed by atoms with van der Waals surface area (Å²) in [5.74, 6) is -0.324. The van der Waals surface area contributed by atoms with E-state index in [0.29, 0.717) is 11.3 Å². The smallest absolute Gasteiger partial charge is 0.341 e. The molecule has 3 nitrogen and oxygen atoms in total. The molecular weight excluding hydrogens is 198 g/mol.